The molecule has 0 aromatic heterocycles. The van der Waals surface area contributed by atoms with Crippen LogP contribution in [0.2, 0.25) is 0 Å². The normalized spacial score (nSPS) is 9.61. The van der Waals surface area contributed by atoms with Crippen LogP contribution in [0.4, 0.5) is 0 Å². The van der Waals surface area contributed by atoms with E-state index in [2.05, 4.69) is 33.1 Å². The molecule has 0 aliphatic carbocycles. The fourth-order valence-electron chi connectivity index (χ4n) is 1.32. The van der Waals surface area contributed by atoms with E-state index in [9.17, 15) is 9.59 Å². The third-order valence-electron chi connectivity index (χ3n) is 2.14. The van der Waals surface area contributed by atoms with Gasteiger partial charge in [0, 0.05) is 11.0 Å². The van der Waals surface area contributed by atoms with Crippen LogP contribution in [0.1, 0.15) is 5.56 Å². The molecule has 0 spiro atoms. The monoisotopic (exact) mass is 310 g/mol. The Kier molecular flexibility index (Phi) is 6.14. The Morgan fingerprint density at radius 2 is 2.06 bits per heavy atom. The van der Waals surface area contributed by atoms with E-state index >= 15 is 0 Å². The molecule has 0 bridgehead atoms. The average molecular weight is 311 g/mol. The number of halogens is 1. The van der Waals surface area contributed by atoms with Gasteiger partial charge in [0.2, 0.25) is 11.8 Å². The number of benzene rings is 1. The molecule has 1 aromatic carbocycles. The molecule has 0 atom stereocenters. The van der Waals surface area contributed by atoms with Crippen LogP contribution in [-0.2, 0) is 16.0 Å². The number of rotatable bonds is 6. The molecule has 4 nitrogen and oxygen atoms in total. The van der Waals surface area contributed by atoms with Gasteiger partial charge in [-0.25, -0.2) is 0 Å². The predicted molar refractivity (Wildman–Crippen MR) is 74.1 cm³/mol. The maximum Gasteiger partial charge on any atom is 0.239 e. The lowest BCUT2D eigenvalue weighted by atomic mass is 10.1. The van der Waals surface area contributed by atoms with Gasteiger partial charge in [-0.15, -0.1) is 6.58 Å². The number of amides is 2. The van der Waals surface area contributed by atoms with Crippen molar-refractivity contribution in [1.82, 2.24) is 10.6 Å². The van der Waals surface area contributed by atoms with Crippen LogP contribution in [0.5, 0.6) is 0 Å². The van der Waals surface area contributed by atoms with E-state index in [-0.39, 0.29) is 24.8 Å². The molecule has 5 heteroatoms. The molecule has 2 N–H and O–H groups in total. The second kappa shape index (κ2) is 7.66. The molecule has 18 heavy (non-hydrogen) atoms. The third-order valence-corrected chi connectivity index (χ3v) is 2.64. The van der Waals surface area contributed by atoms with Crippen molar-refractivity contribution in [2.24, 2.45) is 0 Å². The number of nitrogens with one attached hydrogen (secondary N) is 2. The van der Waals surface area contributed by atoms with E-state index in [1.165, 1.54) is 0 Å². The summed E-state index contributed by atoms with van der Waals surface area (Å²) in [5.41, 5.74) is 0.897. The quantitative estimate of drug-likeness (QED) is 0.781. The number of carbonyl (C=O) groups excluding carboxylic acids is 2. The molecule has 1 rings (SSSR count). The molecule has 0 saturated carbocycles. The summed E-state index contributed by atoms with van der Waals surface area (Å²) in [6.07, 6.45) is 1.84. The zero-order chi connectivity index (χ0) is 13.4. The van der Waals surface area contributed by atoms with E-state index < -0.39 is 0 Å². The number of hydrogen-bond donors (Lipinski definition) is 2. The summed E-state index contributed by atoms with van der Waals surface area (Å²) >= 11 is 3.34. The van der Waals surface area contributed by atoms with Gasteiger partial charge in [-0.1, -0.05) is 34.1 Å². The van der Waals surface area contributed by atoms with Crippen molar-refractivity contribution >= 4 is 27.7 Å². The smallest absolute Gasteiger partial charge is 0.239 e. The van der Waals surface area contributed by atoms with Crippen LogP contribution in [0.15, 0.2) is 41.4 Å². The first-order valence-electron chi connectivity index (χ1n) is 5.50. The van der Waals surface area contributed by atoms with Crippen molar-refractivity contribution in [3.05, 3.63) is 47.0 Å². The van der Waals surface area contributed by atoms with Gasteiger partial charge in [0.25, 0.3) is 0 Å². The highest BCUT2D eigenvalue weighted by atomic mass is 79.9. The van der Waals surface area contributed by atoms with Crippen LogP contribution < -0.4 is 10.6 Å². The van der Waals surface area contributed by atoms with E-state index in [0.29, 0.717) is 6.54 Å². The van der Waals surface area contributed by atoms with Gasteiger partial charge in [0.1, 0.15) is 0 Å². The minimum Gasteiger partial charge on any atom is -0.351 e. The first kappa shape index (κ1) is 14.4. The zero-order valence-corrected chi connectivity index (χ0v) is 11.5. The van der Waals surface area contributed by atoms with Gasteiger partial charge in [0.15, 0.2) is 0 Å². The number of hydrogen-bond acceptors (Lipinski definition) is 2. The Balaban J connectivity index is 2.33. The summed E-state index contributed by atoms with van der Waals surface area (Å²) in [7, 11) is 0. The largest absolute Gasteiger partial charge is 0.351 e. The molecule has 0 radical (unpaired) electrons. The maximum absolute atomic E-state index is 11.6. The van der Waals surface area contributed by atoms with Crippen molar-refractivity contribution in [3.8, 4) is 0 Å². The summed E-state index contributed by atoms with van der Waals surface area (Å²) < 4.78 is 0.927. The topological polar surface area (TPSA) is 58.2 Å². The Morgan fingerprint density at radius 1 is 1.28 bits per heavy atom. The fourth-order valence-corrected chi connectivity index (χ4v) is 1.77. The molecule has 0 unspecified atom stereocenters. The highest BCUT2D eigenvalue weighted by Gasteiger charge is 2.05. The molecule has 0 fully saturated rings. The van der Waals surface area contributed by atoms with Gasteiger partial charge in [-0.3, -0.25) is 9.59 Å². The Labute approximate surface area is 115 Å². The van der Waals surface area contributed by atoms with Crippen LogP contribution in [0.3, 0.4) is 0 Å². The van der Waals surface area contributed by atoms with Crippen LogP contribution in [0, 0.1) is 0 Å². The molecule has 96 valence electrons. The summed E-state index contributed by atoms with van der Waals surface area (Å²) in [4.78, 5) is 22.8. The minimum absolute atomic E-state index is 0.0132. The molecular weight excluding hydrogens is 296 g/mol. The number of carbonyl (C=O) groups is 2. The van der Waals surface area contributed by atoms with Crippen molar-refractivity contribution in [3.63, 3.8) is 0 Å². The van der Waals surface area contributed by atoms with Crippen LogP contribution in [-0.4, -0.2) is 24.9 Å². The average Bonchev–Trinajstić information content (AvgIpc) is 2.34. The summed E-state index contributed by atoms with van der Waals surface area (Å²) in [5, 5.41) is 5.14. The molecule has 1 aromatic rings. The highest BCUT2D eigenvalue weighted by molar-refractivity contribution is 9.10. The van der Waals surface area contributed by atoms with Gasteiger partial charge in [0.05, 0.1) is 13.0 Å². The van der Waals surface area contributed by atoms with Gasteiger partial charge >= 0.3 is 0 Å². The second-order valence-corrected chi connectivity index (χ2v) is 4.59. The summed E-state index contributed by atoms with van der Waals surface area (Å²) in [6.45, 7) is 3.88. The maximum atomic E-state index is 11.6. The Hall–Kier alpha value is -1.62. The first-order chi connectivity index (χ1) is 8.61. The second-order valence-electron chi connectivity index (χ2n) is 3.68. The van der Waals surface area contributed by atoms with Crippen molar-refractivity contribution in [1.29, 1.82) is 0 Å². The van der Waals surface area contributed by atoms with Crippen molar-refractivity contribution < 1.29 is 9.59 Å². The van der Waals surface area contributed by atoms with E-state index in [1.807, 2.05) is 24.3 Å². The van der Waals surface area contributed by atoms with E-state index in [0.717, 1.165) is 10.0 Å². The van der Waals surface area contributed by atoms with Gasteiger partial charge < -0.3 is 10.6 Å². The molecule has 0 aliphatic rings. The minimum atomic E-state index is -0.225. The molecule has 0 saturated heterocycles. The lowest BCUT2D eigenvalue weighted by Gasteiger charge is -2.05. The van der Waals surface area contributed by atoms with Crippen molar-refractivity contribution in [2.45, 2.75) is 6.42 Å². The van der Waals surface area contributed by atoms with Crippen LogP contribution in [0.25, 0.3) is 0 Å². The SMILES string of the molecule is C=CCNC(=O)CNC(=O)Cc1cccc(Br)c1. The zero-order valence-electron chi connectivity index (χ0n) is 9.91. The lowest BCUT2D eigenvalue weighted by molar-refractivity contribution is -0.125. The van der Waals surface area contributed by atoms with Gasteiger partial charge in [-0.2, -0.15) is 0 Å². The highest BCUT2D eigenvalue weighted by Crippen LogP contribution is 2.11. The third kappa shape index (κ3) is 5.63. The fraction of sp³-hybridized carbons (Fsp3) is 0.231. The van der Waals surface area contributed by atoms with Gasteiger partial charge in [-0.05, 0) is 17.7 Å². The van der Waals surface area contributed by atoms with E-state index in [1.54, 1.807) is 6.08 Å². The predicted octanol–water partition coefficient (Wildman–Crippen LogP) is 1.41. The summed E-state index contributed by atoms with van der Waals surface area (Å²) in [5.74, 6) is -0.403. The first-order valence-corrected chi connectivity index (χ1v) is 6.30. The molecular formula is C13H15BrN2O2. The van der Waals surface area contributed by atoms with E-state index in [4.69, 9.17) is 0 Å². The molecule has 0 heterocycles. The van der Waals surface area contributed by atoms with Crippen LogP contribution >= 0.6 is 15.9 Å². The summed E-state index contributed by atoms with van der Waals surface area (Å²) in [6, 6.07) is 7.49. The standard InChI is InChI=1S/C13H15BrN2O2/c1-2-6-15-13(18)9-16-12(17)8-10-4-3-5-11(14)7-10/h2-5,7H,1,6,8-9H2,(H,15,18)(H,16,17). The lowest BCUT2D eigenvalue weighted by Crippen LogP contribution is -2.37. The molecule has 2 amide bonds. The Bertz CT molecular complexity index is 446. The Morgan fingerprint density at radius 3 is 2.72 bits per heavy atom. The molecule has 0 aliphatic heterocycles. The van der Waals surface area contributed by atoms with Crippen molar-refractivity contribution in [2.75, 3.05) is 13.1 Å².